The summed E-state index contributed by atoms with van der Waals surface area (Å²) in [4.78, 5) is 4.63. The molecule has 0 atom stereocenters. The summed E-state index contributed by atoms with van der Waals surface area (Å²) in [6, 6.07) is 12.6. The van der Waals surface area contributed by atoms with E-state index in [1.54, 1.807) is 0 Å². The molecule has 0 saturated heterocycles. The molecule has 0 radical (unpaired) electrons. The van der Waals surface area contributed by atoms with Crippen molar-refractivity contribution in [3.05, 3.63) is 35.9 Å². The number of nitrogens with one attached hydrogen (secondary N) is 1. The van der Waals surface area contributed by atoms with Crippen molar-refractivity contribution in [3.8, 4) is 6.07 Å². The average Bonchev–Trinajstić information content (AvgIpc) is 2.49. The maximum absolute atomic E-state index is 9.32. The fourth-order valence-electron chi connectivity index (χ4n) is 2.91. The summed E-state index contributed by atoms with van der Waals surface area (Å²) >= 11 is 0. The lowest BCUT2D eigenvalue weighted by atomic mass is 9.87. The van der Waals surface area contributed by atoms with E-state index in [0.29, 0.717) is 11.6 Å². The molecule has 1 fully saturated rings. The predicted molar refractivity (Wildman–Crippen MR) is 81.5 cm³/mol. The molecule has 0 spiro atoms. The Morgan fingerprint density at radius 1 is 1.20 bits per heavy atom. The summed E-state index contributed by atoms with van der Waals surface area (Å²) in [5.41, 5.74) is 1.58. The number of benzene rings is 1. The number of hydrogen-bond donors (Lipinski definition) is 1. The largest absolute Gasteiger partial charge is 0.366 e. The number of anilines is 1. The minimum absolute atomic E-state index is 0.451. The number of para-hydroxylation sites is 1. The highest BCUT2D eigenvalue weighted by molar-refractivity contribution is 5.82. The van der Waals surface area contributed by atoms with Crippen molar-refractivity contribution in [2.75, 3.05) is 5.32 Å². The maximum Gasteiger partial charge on any atom is 0.144 e. The zero-order valence-electron chi connectivity index (χ0n) is 11.8. The molecule has 1 saturated carbocycles. The third-order valence-electron chi connectivity index (χ3n) is 4.20. The van der Waals surface area contributed by atoms with Crippen molar-refractivity contribution in [1.29, 1.82) is 5.26 Å². The first kappa shape index (κ1) is 12.9. The van der Waals surface area contributed by atoms with Crippen LogP contribution in [0.4, 0.5) is 5.82 Å². The van der Waals surface area contributed by atoms with Crippen molar-refractivity contribution in [2.24, 2.45) is 5.92 Å². The SMILES string of the molecule is CC1CCC(Nc2nc3ccccc3cc2C#N)CC1. The third kappa shape index (κ3) is 2.60. The van der Waals surface area contributed by atoms with Crippen LogP contribution in [0.3, 0.4) is 0 Å². The Morgan fingerprint density at radius 2 is 1.95 bits per heavy atom. The number of nitrogens with zero attached hydrogens (tertiary/aromatic N) is 2. The van der Waals surface area contributed by atoms with Crippen LogP contribution in [-0.4, -0.2) is 11.0 Å². The van der Waals surface area contributed by atoms with Crippen LogP contribution in [0, 0.1) is 17.2 Å². The van der Waals surface area contributed by atoms with Crippen molar-refractivity contribution in [1.82, 2.24) is 4.98 Å². The van der Waals surface area contributed by atoms with Gasteiger partial charge in [-0.05, 0) is 43.7 Å². The molecule has 0 bridgehead atoms. The Kier molecular flexibility index (Phi) is 3.56. The number of nitriles is 1. The molecule has 3 rings (SSSR count). The number of fused-ring (bicyclic) bond motifs is 1. The first-order valence-corrected chi connectivity index (χ1v) is 7.32. The van der Waals surface area contributed by atoms with E-state index >= 15 is 0 Å². The fourth-order valence-corrected chi connectivity index (χ4v) is 2.91. The second kappa shape index (κ2) is 5.50. The van der Waals surface area contributed by atoms with Crippen LogP contribution in [0.25, 0.3) is 10.9 Å². The first-order chi connectivity index (χ1) is 9.76. The maximum atomic E-state index is 9.32. The Hall–Kier alpha value is -2.08. The lowest BCUT2D eigenvalue weighted by Gasteiger charge is -2.27. The summed E-state index contributed by atoms with van der Waals surface area (Å²) in [6.45, 7) is 2.31. The zero-order valence-corrected chi connectivity index (χ0v) is 11.8. The Labute approximate surface area is 119 Å². The highest BCUT2D eigenvalue weighted by atomic mass is 15.0. The molecule has 0 amide bonds. The summed E-state index contributed by atoms with van der Waals surface area (Å²) < 4.78 is 0. The Morgan fingerprint density at radius 3 is 2.70 bits per heavy atom. The van der Waals surface area contributed by atoms with Crippen LogP contribution >= 0.6 is 0 Å². The highest BCUT2D eigenvalue weighted by Gasteiger charge is 2.19. The van der Waals surface area contributed by atoms with Gasteiger partial charge in [0.05, 0.1) is 11.1 Å². The van der Waals surface area contributed by atoms with Gasteiger partial charge in [-0.15, -0.1) is 0 Å². The summed E-state index contributed by atoms with van der Waals surface area (Å²) in [7, 11) is 0. The van der Waals surface area contributed by atoms with E-state index in [-0.39, 0.29) is 0 Å². The van der Waals surface area contributed by atoms with E-state index in [2.05, 4.69) is 23.3 Å². The van der Waals surface area contributed by atoms with Gasteiger partial charge in [-0.25, -0.2) is 4.98 Å². The Bertz CT molecular complexity index is 649. The van der Waals surface area contributed by atoms with Gasteiger partial charge in [0.2, 0.25) is 0 Å². The van der Waals surface area contributed by atoms with Crippen molar-refractivity contribution < 1.29 is 0 Å². The highest BCUT2D eigenvalue weighted by Crippen LogP contribution is 2.27. The number of pyridine rings is 1. The molecule has 1 heterocycles. The Balaban J connectivity index is 1.88. The summed E-state index contributed by atoms with van der Waals surface area (Å²) in [5, 5.41) is 13.8. The minimum atomic E-state index is 0.451. The van der Waals surface area contributed by atoms with E-state index in [4.69, 9.17) is 0 Å². The molecule has 0 aliphatic heterocycles. The van der Waals surface area contributed by atoms with E-state index < -0.39 is 0 Å². The van der Waals surface area contributed by atoms with Gasteiger partial charge in [0.1, 0.15) is 11.9 Å². The van der Waals surface area contributed by atoms with Gasteiger partial charge in [-0.3, -0.25) is 0 Å². The van der Waals surface area contributed by atoms with Gasteiger partial charge < -0.3 is 5.32 Å². The quantitative estimate of drug-likeness (QED) is 0.889. The van der Waals surface area contributed by atoms with Crippen molar-refractivity contribution >= 4 is 16.7 Å². The normalized spacial score (nSPS) is 22.4. The lowest BCUT2D eigenvalue weighted by molar-refractivity contribution is 0.361. The zero-order chi connectivity index (χ0) is 13.9. The van der Waals surface area contributed by atoms with E-state index in [1.807, 2.05) is 30.3 Å². The van der Waals surface area contributed by atoms with Gasteiger partial charge in [0.15, 0.2) is 0 Å². The summed E-state index contributed by atoms with van der Waals surface area (Å²) in [6.07, 6.45) is 4.85. The molecule has 102 valence electrons. The van der Waals surface area contributed by atoms with Crippen molar-refractivity contribution in [3.63, 3.8) is 0 Å². The second-order valence-corrected chi connectivity index (χ2v) is 5.79. The molecule has 1 N–H and O–H groups in total. The van der Waals surface area contributed by atoms with Crippen LogP contribution in [0.1, 0.15) is 38.2 Å². The van der Waals surface area contributed by atoms with E-state index in [1.165, 1.54) is 25.7 Å². The number of hydrogen-bond acceptors (Lipinski definition) is 3. The van der Waals surface area contributed by atoms with Gasteiger partial charge in [0, 0.05) is 11.4 Å². The topological polar surface area (TPSA) is 48.7 Å². The molecule has 0 unspecified atom stereocenters. The van der Waals surface area contributed by atoms with Crippen LogP contribution in [-0.2, 0) is 0 Å². The van der Waals surface area contributed by atoms with Gasteiger partial charge in [-0.1, -0.05) is 25.1 Å². The predicted octanol–water partition coefficient (Wildman–Crippen LogP) is 4.10. The fraction of sp³-hybridized carbons (Fsp3) is 0.412. The van der Waals surface area contributed by atoms with Gasteiger partial charge in [0.25, 0.3) is 0 Å². The third-order valence-corrected chi connectivity index (χ3v) is 4.20. The molecule has 2 aromatic rings. The van der Waals surface area contributed by atoms with Crippen LogP contribution in [0.5, 0.6) is 0 Å². The molecule has 20 heavy (non-hydrogen) atoms. The smallest absolute Gasteiger partial charge is 0.144 e. The molecule has 3 heteroatoms. The molecule has 1 aliphatic rings. The summed E-state index contributed by atoms with van der Waals surface area (Å²) in [5.74, 6) is 1.57. The van der Waals surface area contributed by atoms with Crippen LogP contribution < -0.4 is 5.32 Å². The van der Waals surface area contributed by atoms with Crippen molar-refractivity contribution in [2.45, 2.75) is 38.6 Å². The number of aromatic nitrogens is 1. The average molecular weight is 265 g/mol. The number of rotatable bonds is 2. The standard InChI is InChI=1S/C17H19N3/c1-12-6-8-15(9-7-12)19-17-14(11-18)10-13-4-2-3-5-16(13)20-17/h2-5,10,12,15H,6-9H2,1H3,(H,19,20). The molecular weight excluding hydrogens is 246 g/mol. The monoisotopic (exact) mass is 265 g/mol. The van der Waals surface area contributed by atoms with E-state index in [9.17, 15) is 5.26 Å². The first-order valence-electron chi connectivity index (χ1n) is 7.32. The second-order valence-electron chi connectivity index (χ2n) is 5.79. The molecule has 1 aromatic carbocycles. The minimum Gasteiger partial charge on any atom is -0.366 e. The molecule has 3 nitrogen and oxygen atoms in total. The van der Waals surface area contributed by atoms with Crippen LogP contribution in [0.2, 0.25) is 0 Å². The van der Waals surface area contributed by atoms with Gasteiger partial charge >= 0.3 is 0 Å². The molecular formula is C17H19N3. The van der Waals surface area contributed by atoms with Crippen LogP contribution in [0.15, 0.2) is 30.3 Å². The van der Waals surface area contributed by atoms with E-state index in [0.717, 1.165) is 22.6 Å². The lowest BCUT2D eigenvalue weighted by Crippen LogP contribution is -2.26. The molecule has 1 aliphatic carbocycles. The molecule has 1 aromatic heterocycles. The van der Waals surface area contributed by atoms with Gasteiger partial charge in [-0.2, -0.15) is 5.26 Å².